The second kappa shape index (κ2) is 5.95. The third kappa shape index (κ3) is 3.39. The predicted octanol–water partition coefficient (Wildman–Crippen LogP) is 3.69. The number of hydrogen-bond donors (Lipinski definition) is 0. The average molecular weight is 286 g/mol. The smallest absolute Gasteiger partial charge is 0.258 e. The van der Waals surface area contributed by atoms with E-state index in [0.717, 1.165) is 17.2 Å². The second-order valence-electron chi connectivity index (χ2n) is 5.49. The van der Waals surface area contributed by atoms with Gasteiger partial charge in [-0.15, -0.1) is 0 Å². The fourth-order valence-corrected chi connectivity index (χ4v) is 1.79. The van der Waals surface area contributed by atoms with Gasteiger partial charge in [-0.3, -0.25) is 10.1 Å². The number of non-ortho nitro benzene ring substituents is 1. The van der Waals surface area contributed by atoms with Crippen molar-refractivity contribution in [3.63, 3.8) is 0 Å². The van der Waals surface area contributed by atoms with Gasteiger partial charge in [0.15, 0.2) is 5.82 Å². The summed E-state index contributed by atoms with van der Waals surface area (Å²) < 4.78 is 0. The van der Waals surface area contributed by atoms with E-state index in [-0.39, 0.29) is 17.5 Å². The maximum atomic E-state index is 10.7. The zero-order valence-corrected chi connectivity index (χ0v) is 12.6. The third-order valence-electron chi connectivity index (χ3n) is 3.04. The molecule has 0 aliphatic rings. The van der Waals surface area contributed by atoms with Crippen LogP contribution in [0, 0.1) is 10.1 Å². The molecule has 0 aliphatic heterocycles. The van der Waals surface area contributed by atoms with Gasteiger partial charge in [-0.25, -0.2) is 15.0 Å². The van der Waals surface area contributed by atoms with Gasteiger partial charge in [0.05, 0.1) is 4.92 Å². The summed E-state index contributed by atoms with van der Waals surface area (Å²) in [7, 11) is 0. The molecule has 0 bridgehead atoms. The van der Waals surface area contributed by atoms with Crippen molar-refractivity contribution in [3.8, 4) is 11.4 Å². The topological polar surface area (TPSA) is 81.8 Å². The van der Waals surface area contributed by atoms with Gasteiger partial charge in [-0.2, -0.15) is 0 Å². The molecule has 0 atom stereocenters. The molecule has 6 heteroatoms. The van der Waals surface area contributed by atoms with Crippen LogP contribution < -0.4 is 0 Å². The van der Waals surface area contributed by atoms with Gasteiger partial charge in [0.2, 0.25) is 0 Å². The number of rotatable bonds is 4. The van der Waals surface area contributed by atoms with Crippen molar-refractivity contribution >= 4 is 5.69 Å². The normalized spacial score (nSPS) is 11.1. The van der Waals surface area contributed by atoms with Crippen LogP contribution in [0.1, 0.15) is 51.2 Å². The molecule has 1 aromatic carbocycles. The molecule has 0 N–H and O–H groups in total. The number of nitrogens with zero attached hydrogens (tertiary/aromatic N) is 4. The molecule has 1 heterocycles. The standard InChI is InChI=1S/C15H18N4O2/c1-9(2)13-16-14(10(3)4)18-15(17-13)11-5-7-12(8-6-11)19(20)21/h5-10H,1-4H3. The van der Waals surface area contributed by atoms with Crippen LogP contribution in [0.5, 0.6) is 0 Å². The average Bonchev–Trinajstić information content (AvgIpc) is 2.46. The van der Waals surface area contributed by atoms with Crippen LogP contribution in [-0.2, 0) is 0 Å². The third-order valence-corrected chi connectivity index (χ3v) is 3.04. The Labute approximate surface area is 123 Å². The number of nitro groups is 1. The Morgan fingerprint density at radius 1 is 0.905 bits per heavy atom. The Morgan fingerprint density at radius 3 is 1.76 bits per heavy atom. The van der Waals surface area contributed by atoms with Gasteiger partial charge >= 0.3 is 0 Å². The highest BCUT2D eigenvalue weighted by molar-refractivity contribution is 5.57. The summed E-state index contributed by atoms with van der Waals surface area (Å²) >= 11 is 0. The molecule has 0 radical (unpaired) electrons. The van der Waals surface area contributed by atoms with E-state index in [9.17, 15) is 10.1 Å². The van der Waals surface area contributed by atoms with E-state index in [4.69, 9.17) is 0 Å². The van der Waals surface area contributed by atoms with Crippen LogP contribution in [0.4, 0.5) is 5.69 Å². The van der Waals surface area contributed by atoms with E-state index in [1.54, 1.807) is 12.1 Å². The van der Waals surface area contributed by atoms with Crippen molar-refractivity contribution in [2.24, 2.45) is 0 Å². The van der Waals surface area contributed by atoms with Crippen molar-refractivity contribution in [3.05, 3.63) is 46.0 Å². The minimum Gasteiger partial charge on any atom is -0.258 e. The monoisotopic (exact) mass is 286 g/mol. The summed E-state index contributed by atoms with van der Waals surface area (Å²) in [6, 6.07) is 6.26. The predicted molar refractivity (Wildman–Crippen MR) is 80.1 cm³/mol. The van der Waals surface area contributed by atoms with Gasteiger partial charge in [0.1, 0.15) is 11.6 Å². The molecule has 0 unspecified atom stereocenters. The maximum Gasteiger partial charge on any atom is 0.269 e. The zero-order valence-electron chi connectivity index (χ0n) is 12.6. The lowest BCUT2D eigenvalue weighted by atomic mass is 10.1. The SMILES string of the molecule is CC(C)c1nc(-c2ccc([N+](=O)[O-])cc2)nc(C(C)C)n1. The first-order chi connectivity index (χ1) is 9.88. The van der Waals surface area contributed by atoms with E-state index in [1.807, 2.05) is 27.7 Å². The number of aromatic nitrogens is 3. The first-order valence-electron chi connectivity index (χ1n) is 6.89. The van der Waals surface area contributed by atoms with Crippen LogP contribution in [0.25, 0.3) is 11.4 Å². The summed E-state index contributed by atoms with van der Waals surface area (Å²) in [4.78, 5) is 23.7. The summed E-state index contributed by atoms with van der Waals surface area (Å²) in [5, 5.41) is 10.7. The Morgan fingerprint density at radius 2 is 1.38 bits per heavy atom. The Hall–Kier alpha value is -2.37. The Bertz CT molecular complexity index is 625. The molecule has 2 aromatic rings. The molecule has 6 nitrogen and oxygen atoms in total. The fraction of sp³-hybridized carbons (Fsp3) is 0.400. The first-order valence-corrected chi connectivity index (χ1v) is 6.89. The van der Waals surface area contributed by atoms with E-state index < -0.39 is 4.92 Å². The zero-order chi connectivity index (χ0) is 15.6. The van der Waals surface area contributed by atoms with Gasteiger partial charge < -0.3 is 0 Å². The van der Waals surface area contributed by atoms with E-state index in [2.05, 4.69) is 15.0 Å². The minimum absolute atomic E-state index is 0.0565. The minimum atomic E-state index is -0.420. The van der Waals surface area contributed by atoms with Crippen molar-refractivity contribution in [1.29, 1.82) is 0 Å². The summed E-state index contributed by atoms with van der Waals surface area (Å²) in [6.45, 7) is 8.11. The van der Waals surface area contributed by atoms with E-state index >= 15 is 0 Å². The summed E-state index contributed by atoms with van der Waals surface area (Å²) in [6.07, 6.45) is 0. The second-order valence-corrected chi connectivity index (χ2v) is 5.49. The highest BCUT2D eigenvalue weighted by atomic mass is 16.6. The van der Waals surface area contributed by atoms with Crippen LogP contribution in [0.2, 0.25) is 0 Å². The Kier molecular flexibility index (Phi) is 4.26. The van der Waals surface area contributed by atoms with Crippen LogP contribution in [0.3, 0.4) is 0 Å². The van der Waals surface area contributed by atoms with Crippen molar-refractivity contribution in [2.75, 3.05) is 0 Å². The highest BCUT2D eigenvalue weighted by Crippen LogP contribution is 2.22. The summed E-state index contributed by atoms with van der Waals surface area (Å²) in [5.74, 6) is 2.43. The van der Waals surface area contributed by atoms with Crippen LogP contribution >= 0.6 is 0 Å². The van der Waals surface area contributed by atoms with Gasteiger partial charge in [0.25, 0.3) is 5.69 Å². The lowest BCUT2D eigenvalue weighted by Gasteiger charge is -2.11. The molecular weight excluding hydrogens is 268 g/mol. The van der Waals surface area contributed by atoms with E-state index in [1.165, 1.54) is 12.1 Å². The van der Waals surface area contributed by atoms with Crippen molar-refractivity contribution < 1.29 is 4.92 Å². The molecule has 0 amide bonds. The number of nitro benzene ring substituents is 1. The molecule has 0 aliphatic carbocycles. The summed E-state index contributed by atoms with van der Waals surface area (Å²) in [5.41, 5.74) is 0.813. The van der Waals surface area contributed by atoms with Crippen LogP contribution in [0.15, 0.2) is 24.3 Å². The van der Waals surface area contributed by atoms with Gasteiger partial charge in [0, 0.05) is 29.5 Å². The number of benzene rings is 1. The molecule has 0 spiro atoms. The van der Waals surface area contributed by atoms with Crippen molar-refractivity contribution in [1.82, 2.24) is 15.0 Å². The molecule has 1 aromatic heterocycles. The molecule has 0 saturated heterocycles. The quantitative estimate of drug-likeness (QED) is 0.632. The lowest BCUT2D eigenvalue weighted by Crippen LogP contribution is -2.08. The Balaban J connectivity index is 2.49. The molecular formula is C15H18N4O2. The van der Waals surface area contributed by atoms with Crippen molar-refractivity contribution in [2.45, 2.75) is 39.5 Å². The molecule has 21 heavy (non-hydrogen) atoms. The van der Waals surface area contributed by atoms with Gasteiger partial charge in [-0.05, 0) is 12.1 Å². The van der Waals surface area contributed by atoms with E-state index in [0.29, 0.717) is 5.82 Å². The highest BCUT2D eigenvalue weighted by Gasteiger charge is 2.14. The molecule has 0 saturated carbocycles. The molecule has 0 fully saturated rings. The maximum absolute atomic E-state index is 10.7. The molecule has 2 rings (SSSR count). The first kappa shape index (κ1) is 15.0. The lowest BCUT2D eigenvalue weighted by molar-refractivity contribution is -0.384. The number of hydrogen-bond acceptors (Lipinski definition) is 5. The largest absolute Gasteiger partial charge is 0.269 e. The fourth-order valence-electron chi connectivity index (χ4n) is 1.79. The molecule has 110 valence electrons. The van der Waals surface area contributed by atoms with Gasteiger partial charge in [-0.1, -0.05) is 27.7 Å². The van der Waals surface area contributed by atoms with Crippen LogP contribution in [-0.4, -0.2) is 19.9 Å².